The predicted octanol–water partition coefficient (Wildman–Crippen LogP) is 1.66. The number of halogens is 4. The maximum Gasteiger partial charge on any atom is 0.408 e. The Hall–Kier alpha value is -1.28. The zero-order chi connectivity index (χ0) is 13.8. The molecule has 5 nitrogen and oxygen atoms in total. The number of hydrogen-bond acceptors (Lipinski definition) is 3. The second kappa shape index (κ2) is 7.34. The van der Waals surface area contributed by atoms with Crippen LogP contribution < -0.4 is 10.6 Å². The highest BCUT2D eigenvalue weighted by molar-refractivity contribution is 5.92. The van der Waals surface area contributed by atoms with Crippen molar-refractivity contribution in [3.63, 3.8) is 0 Å². The van der Waals surface area contributed by atoms with Crippen molar-refractivity contribution < 1.29 is 18.0 Å². The third-order valence-corrected chi connectivity index (χ3v) is 2.20. The van der Waals surface area contributed by atoms with E-state index in [1.165, 1.54) is 6.20 Å². The van der Waals surface area contributed by atoms with Crippen LogP contribution in [0.5, 0.6) is 0 Å². The van der Waals surface area contributed by atoms with E-state index in [1.807, 2.05) is 0 Å². The monoisotopic (exact) mass is 300 g/mol. The Morgan fingerprint density at radius 1 is 1.53 bits per heavy atom. The SMILES string of the molecule is CNCC(C)C(=O)Nc1cnn(CC(F)(F)F)c1.Cl. The van der Waals surface area contributed by atoms with E-state index in [-0.39, 0.29) is 29.9 Å². The number of alkyl halides is 3. The third kappa shape index (κ3) is 6.44. The Bertz CT molecular complexity index is 408. The first-order valence-electron chi connectivity index (χ1n) is 5.36. The molecule has 19 heavy (non-hydrogen) atoms. The predicted molar refractivity (Wildman–Crippen MR) is 67.3 cm³/mol. The topological polar surface area (TPSA) is 59.0 Å². The molecule has 1 unspecified atom stereocenters. The Labute approximate surface area is 115 Å². The standard InChI is InChI=1S/C10H15F3N4O.ClH/c1-7(3-14-2)9(18)16-8-4-15-17(5-8)6-10(11,12)13;/h4-5,7,14H,3,6H2,1-2H3,(H,16,18);1H. The molecule has 0 saturated heterocycles. The summed E-state index contributed by atoms with van der Waals surface area (Å²) < 4.78 is 37.0. The van der Waals surface area contributed by atoms with E-state index in [1.54, 1.807) is 14.0 Å². The zero-order valence-electron chi connectivity index (χ0n) is 10.5. The fraction of sp³-hybridized carbons (Fsp3) is 0.600. The molecule has 1 aromatic heterocycles. The number of nitrogens with one attached hydrogen (secondary N) is 2. The van der Waals surface area contributed by atoms with Crippen molar-refractivity contribution in [1.82, 2.24) is 15.1 Å². The van der Waals surface area contributed by atoms with Gasteiger partial charge >= 0.3 is 6.18 Å². The minimum absolute atomic E-state index is 0. The lowest BCUT2D eigenvalue weighted by molar-refractivity contribution is -0.142. The highest BCUT2D eigenvalue weighted by Gasteiger charge is 2.28. The number of carbonyl (C=O) groups excluding carboxylic acids is 1. The lowest BCUT2D eigenvalue weighted by Crippen LogP contribution is -2.28. The normalized spacial score (nSPS) is 12.7. The van der Waals surface area contributed by atoms with Crippen LogP contribution in [0.3, 0.4) is 0 Å². The maximum atomic E-state index is 12.1. The molecule has 0 aromatic carbocycles. The molecule has 0 spiro atoms. The van der Waals surface area contributed by atoms with Gasteiger partial charge in [0.1, 0.15) is 6.54 Å². The van der Waals surface area contributed by atoms with Gasteiger partial charge in [0.25, 0.3) is 0 Å². The number of nitrogens with zero attached hydrogens (tertiary/aromatic N) is 2. The number of anilines is 1. The van der Waals surface area contributed by atoms with E-state index in [0.29, 0.717) is 6.54 Å². The molecule has 1 rings (SSSR count). The van der Waals surface area contributed by atoms with Gasteiger partial charge in [-0.05, 0) is 7.05 Å². The maximum absolute atomic E-state index is 12.1. The first-order chi connectivity index (χ1) is 8.31. The van der Waals surface area contributed by atoms with Crippen molar-refractivity contribution in [1.29, 1.82) is 0 Å². The van der Waals surface area contributed by atoms with E-state index in [0.717, 1.165) is 10.9 Å². The summed E-state index contributed by atoms with van der Waals surface area (Å²) in [5.74, 6) is -0.545. The zero-order valence-corrected chi connectivity index (χ0v) is 11.3. The average molecular weight is 301 g/mol. The molecule has 0 fully saturated rings. The van der Waals surface area contributed by atoms with E-state index in [4.69, 9.17) is 0 Å². The summed E-state index contributed by atoms with van der Waals surface area (Å²) >= 11 is 0. The Morgan fingerprint density at radius 2 is 2.16 bits per heavy atom. The summed E-state index contributed by atoms with van der Waals surface area (Å²) in [6.45, 7) is 1.03. The van der Waals surface area contributed by atoms with Gasteiger partial charge in [-0.15, -0.1) is 12.4 Å². The molecule has 0 aliphatic carbocycles. The van der Waals surface area contributed by atoms with E-state index < -0.39 is 12.7 Å². The smallest absolute Gasteiger partial charge is 0.323 e. The summed E-state index contributed by atoms with van der Waals surface area (Å²) in [6.07, 6.45) is -1.99. The fourth-order valence-electron chi connectivity index (χ4n) is 1.36. The van der Waals surface area contributed by atoms with Crippen LogP contribution in [-0.2, 0) is 11.3 Å². The van der Waals surface area contributed by atoms with Crippen LogP contribution in [0.2, 0.25) is 0 Å². The summed E-state index contributed by atoms with van der Waals surface area (Å²) in [7, 11) is 1.71. The summed E-state index contributed by atoms with van der Waals surface area (Å²) in [5.41, 5.74) is 0.257. The molecular formula is C10H16ClF3N4O. The number of carbonyl (C=O) groups is 1. The van der Waals surface area contributed by atoms with Gasteiger partial charge in [0, 0.05) is 18.7 Å². The minimum Gasteiger partial charge on any atom is -0.323 e. The van der Waals surface area contributed by atoms with Crippen LogP contribution in [0.4, 0.5) is 18.9 Å². The highest BCUT2D eigenvalue weighted by Crippen LogP contribution is 2.18. The summed E-state index contributed by atoms with van der Waals surface area (Å²) in [4.78, 5) is 11.6. The van der Waals surface area contributed by atoms with Gasteiger partial charge in [-0.2, -0.15) is 18.3 Å². The van der Waals surface area contributed by atoms with Crippen LogP contribution in [0.15, 0.2) is 12.4 Å². The van der Waals surface area contributed by atoms with Gasteiger partial charge in [0.2, 0.25) is 5.91 Å². The Kier molecular flexibility index (Phi) is 6.85. The lowest BCUT2D eigenvalue weighted by atomic mass is 10.1. The number of rotatable bonds is 5. The van der Waals surface area contributed by atoms with Crippen LogP contribution >= 0.6 is 12.4 Å². The number of hydrogen-bond donors (Lipinski definition) is 2. The van der Waals surface area contributed by atoms with Gasteiger partial charge < -0.3 is 10.6 Å². The largest absolute Gasteiger partial charge is 0.408 e. The summed E-state index contributed by atoms with van der Waals surface area (Å²) in [6, 6.07) is 0. The van der Waals surface area contributed by atoms with Crippen LogP contribution in [0.25, 0.3) is 0 Å². The Balaban J connectivity index is 0.00000324. The summed E-state index contributed by atoms with van der Waals surface area (Å²) in [5, 5.41) is 8.87. The molecule has 9 heteroatoms. The molecule has 0 aliphatic heterocycles. The first-order valence-corrected chi connectivity index (χ1v) is 5.36. The van der Waals surface area contributed by atoms with Crippen molar-refractivity contribution in [2.45, 2.75) is 19.6 Å². The fourth-order valence-corrected chi connectivity index (χ4v) is 1.36. The van der Waals surface area contributed by atoms with Crippen LogP contribution in [0, 0.1) is 5.92 Å². The Morgan fingerprint density at radius 3 is 2.68 bits per heavy atom. The second-order valence-corrected chi connectivity index (χ2v) is 3.99. The van der Waals surface area contributed by atoms with Gasteiger partial charge in [0.15, 0.2) is 0 Å². The molecule has 110 valence electrons. The van der Waals surface area contributed by atoms with Crippen molar-refractivity contribution in [3.8, 4) is 0 Å². The molecule has 0 aliphatic rings. The van der Waals surface area contributed by atoms with E-state index in [9.17, 15) is 18.0 Å². The average Bonchev–Trinajstić information content (AvgIpc) is 2.63. The van der Waals surface area contributed by atoms with Gasteiger partial charge in [-0.25, -0.2) is 0 Å². The van der Waals surface area contributed by atoms with Gasteiger partial charge in [0.05, 0.1) is 11.9 Å². The third-order valence-electron chi connectivity index (χ3n) is 2.20. The molecule has 0 radical (unpaired) electrons. The van der Waals surface area contributed by atoms with Crippen molar-refractivity contribution in [2.24, 2.45) is 5.92 Å². The lowest BCUT2D eigenvalue weighted by Gasteiger charge is -2.09. The van der Waals surface area contributed by atoms with Crippen molar-refractivity contribution >= 4 is 24.0 Å². The molecular weight excluding hydrogens is 285 g/mol. The first kappa shape index (κ1) is 17.7. The quantitative estimate of drug-likeness (QED) is 0.869. The minimum atomic E-state index is -4.33. The molecule has 0 saturated carbocycles. The molecule has 1 heterocycles. The number of amides is 1. The van der Waals surface area contributed by atoms with Crippen LogP contribution in [0.1, 0.15) is 6.92 Å². The van der Waals surface area contributed by atoms with Gasteiger partial charge in [-0.1, -0.05) is 6.92 Å². The highest BCUT2D eigenvalue weighted by atomic mass is 35.5. The van der Waals surface area contributed by atoms with Gasteiger partial charge in [-0.3, -0.25) is 9.48 Å². The second-order valence-electron chi connectivity index (χ2n) is 3.99. The van der Waals surface area contributed by atoms with Crippen molar-refractivity contribution in [2.75, 3.05) is 18.9 Å². The van der Waals surface area contributed by atoms with Crippen molar-refractivity contribution in [3.05, 3.63) is 12.4 Å². The number of aromatic nitrogens is 2. The molecule has 1 aromatic rings. The van der Waals surface area contributed by atoms with E-state index in [2.05, 4.69) is 15.7 Å². The molecule has 1 amide bonds. The molecule has 1 atom stereocenters. The molecule has 2 N–H and O–H groups in total. The van der Waals surface area contributed by atoms with E-state index >= 15 is 0 Å². The molecule has 0 bridgehead atoms. The van der Waals surface area contributed by atoms with Crippen LogP contribution in [-0.4, -0.2) is 35.5 Å².